The van der Waals surface area contributed by atoms with Gasteiger partial charge in [0, 0.05) is 12.1 Å². The molecule has 0 aliphatic heterocycles. The SMILES string of the molecule is NCC(c1nnc(-c2ccco2)o1)c1ccccc1F. The molecule has 2 heterocycles. The topological polar surface area (TPSA) is 78.1 Å². The fourth-order valence-electron chi connectivity index (χ4n) is 1.99. The monoisotopic (exact) mass is 273 g/mol. The fraction of sp³-hybridized carbons (Fsp3) is 0.143. The minimum absolute atomic E-state index is 0.167. The van der Waals surface area contributed by atoms with Crippen LogP contribution in [0.4, 0.5) is 4.39 Å². The molecule has 5 nitrogen and oxygen atoms in total. The highest BCUT2D eigenvalue weighted by atomic mass is 19.1. The van der Waals surface area contributed by atoms with Gasteiger partial charge in [-0.05, 0) is 18.2 Å². The Bertz CT molecular complexity index is 694. The lowest BCUT2D eigenvalue weighted by atomic mass is 9.99. The number of aromatic nitrogens is 2. The molecule has 0 saturated heterocycles. The lowest BCUT2D eigenvalue weighted by Crippen LogP contribution is -2.15. The summed E-state index contributed by atoms with van der Waals surface area (Å²) in [5.41, 5.74) is 6.15. The van der Waals surface area contributed by atoms with E-state index in [4.69, 9.17) is 14.6 Å². The fourth-order valence-corrected chi connectivity index (χ4v) is 1.99. The van der Waals surface area contributed by atoms with Crippen LogP contribution in [0.1, 0.15) is 17.4 Å². The van der Waals surface area contributed by atoms with Crippen molar-refractivity contribution >= 4 is 0 Å². The van der Waals surface area contributed by atoms with Crippen LogP contribution in [0.3, 0.4) is 0 Å². The maximum absolute atomic E-state index is 13.8. The van der Waals surface area contributed by atoms with Gasteiger partial charge in [-0.25, -0.2) is 4.39 Å². The van der Waals surface area contributed by atoms with Gasteiger partial charge in [-0.3, -0.25) is 0 Å². The van der Waals surface area contributed by atoms with Crippen molar-refractivity contribution in [3.8, 4) is 11.7 Å². The second-order valence-electron chi connectivity index (χ2n) is 4.23. The molecular weight excluding hydrogens is 261 g/mol. The van der Waals surface area contributed by atoms with E-state index in [1.165, 1.54) is 12.3 Å². The predicted molar refractivity (Wildman–Crippen MR) is 69.3 cm³/mol. The number of rotatable bonds is 4. The van der Waals surface area contributed by atoms with Gasteiger partial charge in [-0.15, -0.1) is 10.2 Å². The summed E-state index contributed by atoms with van der Waals surface area (Å²) in [5, 5.41) is 7.83. The number of hydrogen-bond acceptors (Lipinski definition) is 5. The summed E-state index contributed by atoms with van der Waals surface area (Å²) < 4.78 is 24.5. The zero-order valence-corrected chi connectivity index (χ0v) is 10.5. The molecule has 0 aliphatic carbocycles. The van der Waals surface area contributed by atoms with E-state index in [0.29, 0.717) is 11.3 Å². The number of nitrogens with zero attached hydrogens (tertiary/aromatic N) is 2. The van der Waals surface area contributed by atoms with Crippen LogP contribution < -0.4 is 5.73 Å². The van der Waals surface area contributed by atoms with E-state index in [2.05, 4.69) is 10.2 Å². The third kappa shape index (κ3) is 2.21. The molecule has 2 N–H and O–H groups in total. The first-order chi connectivity index (χ1) is 9.79. The maximum atomic E-state index is 13.8. The number of furan rings is 1. The Labute approximate surface area is 114 Å². The van der Waals surface area contributed by atoms with Gasteiger partial charge in [-0.2, -0.15) is 0 Å². The van der Waals surface area contributed by atoms with Gasteiger partial charge >= 0.3 is 0 Å². The Morgan fingerprint density at radius 3 is 2.70 bits per heavy atom. The molecule has 2 aromatic heterocycles. The molecule has 0 saturated carbocycles. The second kappa shape index (κ2) is 5.26. The van der Waals surface area contributed by atoms with Crippen molar-refractivity contribution < 1.29 is 13.2 Å². The Morgan fingerprint density at radius 2 is 2.00 bits per heavy atom. The van der Waals surface area contributed by atoms with Gasteiger partial charge in [0.1, 0.15) is 5.82 Å². The summed E-state index contributed by atoms with van der Waals surface area (Å²) in [6.07, 6.45) is 1.51. The van der Waals surface area contributed by atoms with Crippen molar-refractivity contribution in [1.29, 1.82) is 0 Å². The summed E-state index contributed by atoms with van der Waals surface area (Å²) in [6.45, 7) is 0.167. The molecule has 6 heteroatoms. The van der Waals surface area contributed by atoms with E-state index >= 15 is 0 Å². The van der Waals surface area contributed by atoms with Crippen molar-refractivity contribution in [2.75, 3.05) is 6.54 Å². The molecule has 102 valence electrons. The van der Waals surface area contributed by atoms with Crippen LogP contribution >= 0.6 is 0 Å². The number of halogens is 1. The second-order valence-corrected chi connectivity index (χ2v) is 4.23. The Morgan fingerprint density at radius 1 is 1.15 bits per heavy atom. The summed E-state index contributed by atoms with van der Waals surface area (Å²) >= 11 is 0. The van der Waals surface area contributed by atoms with Gasteiger partial charge < -0.3 is 14.6 Å². The third-order valence-electron chi connectivity index (χ3n) is 2.99. The van der Waals surface area contributed by atoms with Gasteiger partial charge in [0.15, 0.2) is 5.76 Å². The molecule has 0 radical (unpaired) electrons. The minimum Gasteiger partial charge on any atom is -0.459 e. The van der Waals surface area contributed by atoms with Crippen LogP contribution in [0, 0.1) is 5.82 Å². The Balaban J connectivity index is 1.97. The van der Waals surface area contributed by atoms with Gasteiger partial charge in [0.05, 0.1) is 12.2 Å². The van der Waals surface area contributed by atoms with E-state index in [-0.39, 0.29) is 24.1 Å². The highest BCUT2D eigenvalue weighted by Gasteiger charge is 2.23. The third-order valence-corrected chi connectivity index (χ3v) is 2.99. The van der Waals surface area contributed by atoms with Crippen molar-refractivity contribution in [3.63, 3.8) is 0 Å². The first kappa shape index (κ1) is 12.6. The minimum atomic E-state index is -0.479. The first-order valence-electron chi connectivity index (χ1n) is 6.11. The quantitative estimate of drug-likeness (QED) is 0.790. The molecular formula is C14H12FN3O2. The van der Waals surface area contributed by atoms with Crippen molar-refractivity contribution in [3.05, 3.63) is 59.9 Å². The summed E-state index contributed by atoms with van der Waals surface area (Å²) in [7, 11) is 0. The van der Waals surface area contributed by atoms with Crippen molar-refractivity contribution in [2.24, 2.45) is 5.73 Å². The van der Waals surface area contributed by atoms with Crippen LogP contribution in [0.5, 0.6) is 0 Å². The lowest BCUT2D eigenvalue weighted by molar-refractivity contribution is 0.456. The largest absolute Gasteiger partial charge is 0.459 e. The number of hydrogen-bond donors (Lipinski definition) is 1. The molecule has 0 spiro atoms. The van der Waals surface area contributed by atoms with Crippen LogP contribution in [0.25, 0.3) is 11.7 Å². The van der Waals surface area contributed by atoms with E-state index in [1.54, 1.807) is 30.3 Å². The average molecular weight is 273 g/mol. The van der Waals surface area contributed by atoms with Gasteiger partial charge in [0.2, 0.25) is 5.89 Å². The molecule has 1 aromatic carbocycles. The highest BCUT2D eigenvalue weighted by Crippen LogP contribution is 2.27. The zero-order valence-electron chi connectivity index (χ0n) is 10.5. The smallest absolute Gasteiger partial charge is 0.283 e. The molecule has 0 amide bonds. The lowest BCUT2D eigenvalue weighted by Gasteiger charge is -2.11. The molecule has 3 rings (SSSR count). The first-order valence-corrected chi connectivity index (χ1v) is 6.11. The molecule has 0 aliphatic rings. The van der Waals surface area contributed by atoms with Crippen LogP contribution in [0.15, 0.2) is 51.5 Å². The van der Waals surface area contributed by atoms with Crippen LogP contribution in [-0.4, -0.2) is 16.7 Å². The van der Waals surface area contributed by atoms with Gasteiger partial charge in [-0.1, -0.05) is 18.2 Å². The molecule has 1 atom stereocenters. The summed E-state index contributed by atoms with van der Waals surface area (Å²) in [4.78, 5) is 0. The molecule has 0 bridgehead atoms. The van der Waals surface area contributed by atoms with Crippen molar-refractivity contribution in [1.82, 2.24) is 10.2 Å². The van der Waals surface area contributed by atoms with Gasteiger partial charge in [0.25, 0.3) is 5.89 Å². The standard InChI is InChI=1S/C14H12FN3O2/c15-11-5-2-1-4-9(11)10(8-16)13-17-18-14(20-13)12-6-3-7-19-12/h1-7,10H,8,16H2. The van der Waals surface area contributed by atoms with Crippen molar-refractivity contribution in [2.45, 2.75) is 5.92 Å². The van der Waals surface area contributed by atoms with E-state index in [9.17, 15) is 4.39 Å². The predicted octanol–water partition coefficient (Wildman–Crippen LogP) is 2.56. The zero-order chi connectivity index (χ0) is 13.9. The highest BCUT2D eigenvalue weighted by molar-refractivity contribution is 5.42. The molecule has 1 unspecified atom stereocenters. The summed E-state index contributed by atoms with van der Waals surface area (Å²) in [6, 6.07) is 9.82. The molecule has 3 aromatic rings. The molecule has 0 fully saturated rings. The van der Waals surface area contributed by atoms with E-state index < -0.39 is 5.92 Å². The Hall–Kier alpha value is -2.47. The van der Waals surface area contributed by atoms with Crippen LogP contribution in [-0.2, 0) is 0 Å². The number of nitrogens with two attached hydrogens (primary N) is 1. The van der Waals surface area contributed by atoms with Crippen LogP contribution in [0.2, 0.25) is 0 Å². The van der Waals surface area contributed by atoms with E-state index in [1.807, 2.05) is 0 Å². The summed E-state index contributed by atoms with van der Waals surface area (Å²) in [5.74, 6) is 0.157. The number of benzene rings is 1. The molecule has 20 heavy (non-hydrogen) atoms. The normalized spacial score (nSPS) is 12.5. The van der Waals surface area contributed by atoms with E-state index in [0.717, 1.165) is 0 Å². The average Bonchev–Trinajstić information content (AvgIpc) is 3.12. The Kier molecular flexibility index (Phi) is 3.30. The maximum Gasteiger partial charge on any atom is 0.283 e.